The first-order chi connectivity index (χ1) is 15.9. The van der Waals surface area contributed by atoms with Crippen molar-refractivity contribution in [1.29, 1.82) is 0 Å². The minimum Gasteiger partial charge on any atom is -0.403 e. The summed E-state index contributed by atoms with van der Waals surface area (Å²) < 4.78 is 54.7. The van der Waals surface area contributed by atoms with E-state index in [1.807, 2.05) is 12.1 Å². The van der Waals surface area contributed by atoms with Gasteiger partial charge in [0, 0.05) is 0 Å². The smallest absolute Gasteiger partial charge is 0.403 e. The van der Waals surface area contributed by atoms with Crippen LogP contribution < -0.4 is 4.74 Å². The van der Waals surface area contributed by atoms with Crippen LogP contribution in [-0.2, 0) is 0 Å². The van der Waals surface area contributed by atoms with Gasteiger partial charge in [-0.2, -0.15) is 0 Å². The molecule has 0 aliphatic heterocycles. The minimum absolute atomic E-state index is 0.534. The molecule has 2 aromatic rings. The molecule has 0 heterocycles. The number of unbranched alkanes of at least 4 members (excludes halogenated alkanes) is 6. The van der Waals surface area contributed by atoms with Crippen LogP contribution >= 0.6 is 0 Å². The van der Waals surface area contributed by atoms with E-state index in [-0.39, 0.29) is 0 Å². The fourth-order valence-corrected chi connectivity index (χ4v) is 5.01. The molecule has 1 saturated carbocycles. The Kier molecular flexibility index (Phi) is 9.64. The van der Waals surface area contributed by atoms with Crippen LogP contribution in [0, 0.1) is 11.7 Å². The Morgan fingerprint density at radius 2 is 1.39 bits per heavy atom. The average Bonchev–Trinajstić information content (AvgIpc) is 2.79. The first-order valence-electron chi connectivity index (χ1n) is 12.5. The van der Waals surface area contributed by atoms with E-state index in [4.69, 9.17) is 0 Å². The number of hydrogen-bond acceptors (Lipinski definition) is 1. The standard InChI is InChI=1S/C28H36F4O/c1-2-3-4-5-6-7-8-9-21-10-12-22(13-11-21)23-14-16-24(17-15-23)25-18-19-27(26(29)20-25)33-28(30,31)32/h14-22H,2-13H2,1H3/t21-,22-. The first-order valence-corrected chi connectivity index (χ1v) is 12.5. The number of ether oxygens (including phenoxy) is 1. The molecule has 0 bridgehead atoms. The van der Waals surface area contributed by atoms with Crippen LogP contribution in [-0.4, -0.2) is 6.36 Å². The largest absolute Gasteiger partial charge is 0.573 e. The van der Waals surface area contributed by atoms with Crippen molar-refractivity contribution in [3.8, 4) is 16.9 Å². The molecule has 1 fully saturated rings. The van der Waals surface area contributed by atoms with Crippen molar-refractivity contribution in [2.24, 2.45) is 5.92 Å². The molecule has 0 saturated heterocycles. The molecule has 2 aromatic carbocycles. The maximum absolute atomic E-state index is 14.0. The molecule has 0 spiro atoms. The van der Waals surface area contributed by atoms with E-state index in [1.165, 1.54) is 88.7 Å². The monoisotopic (exact) mass is 464 g/mol. The highest BCUT2D eigenvalue weighted by molar-refractivity contribution is 5.64. The predicted octanol–water partition coefficient (Wildman–Crippen LogP) is 9.81. The zero-order valence-corrected chi connectivity index (χ0v) is 19.6. The van der Waals surface area contributed by atoms with Gasteiger partial charge in [-0.25, -0.2) is 4.39 Å². The van der Waals surface area contributed by atoms with E-state index in [0.717, 1.165) is 23.6 Å². The van der Waals surface area contributed by atoms with Crippen LogP contribution in [0.2, 0.25) is 0 Å². The van der Waals surface area contributed by atoms with Gasteiger partial charge in [0.25, 0.3) is 0 Å². The van der Waals surface area contributed by atoms with Crippen LogP contribution in [0.25, 0.3) is 11.1 Å². The second-order valence-electron chi connectivity index (χ2n) is 9.44. The van der Waals surface area contributed by atoms with Crippen LogP contribution in [0.15, 0.2) is 42.5 Å². The summed E-state index contributed by atoms with van der Waals surface area (Å²) in [6.07, 6.45) is 11.0. The highest BCUT2D eigenvalue weighted by Crippen LogP contribution is 2.38. The van der Waals surface area contributed by atoms with E-state index in [1.54, 1.807) is 0 Å². The highest BCUT2D eigenvalue weighted by atomic mass is 19.4. The van der Waals surface area contributed by atoms with Crippen molar-refractivity contribution in [2.45, 2.75) is 96.3 Å². The first kappa shape index (κ1) is 25.6. The van der Waals surface area contributed by atoms with Gasteiger partial charge in [0.1, 0.15) is 0 Å². The minimum atomic E-state index is -4.91. The molecule has 182 valence electrons. The molecule has 0 aromatic heterocycles. The Bertz CT molecular complexity index is 836. The summed E-state index contributed by atoms with van der Waals surface area (Å²) in [5, 5.41) is 0. The van der Waals surface area contributed by atoms with Crippen molar-refractivity contribution in [3.63, 3.8) is 0 Å². The van der Waals surface area contributed by atoms with E-state index in [2.05, 4.69) is 23.8 Å². The topological polar surface area (TPSA) is 9.23 Å². The van der Waals surface area contributed by atoms with E-state index >= 15 is 0 Å². The zero-order valence-electron chi connectivity index (χ0n) is 19.6. The Morgan fingerprint density at radius 1 is 0.788 bits per heavy atom. The van der Waals surface area contributed by atoms with Crippen LogP contribution in [0.4, 0.5) is 17.6 Å². The number of hydrogen-bond donors (Lipinski definition) is 0. The molecule has 3 rings (SSSR count). The van der Waals surface area contributed by atoms with Gasteiger partial charge in [-0.05, 0) is 66.3 Å². The molecule has 1 aliphatic rings. The molecule has 1 aliphatic carbocycles. The summed E-state index contributed by atoms with van der Waals surface area (Å²) in [5.41, 5.74) is 2.61. The van der Waals surface area contributed by atoms with Crippen molar-refractivity contribution < 1.29 is 22.3 Å². The summed E-state index contributed by atoms with van der Waals surface area (Å²) >= 11 is 0. The summed E-state index contributed by atoms with van der Waals surface area (Å²) in [7, 11) is 0. The zero-order chi connectivity index (χ0) is 23.7. The van der Waals surface area contributed by atoms with Crippen LogP contribution in [0.3, 0.4) is 0 Å². The lowest BCUT2D eigenvalue weighted by Gasteiger charge is -2.29. The Balaban J connectivity index is 1.45. The van der Waals surface area contributed by atoms with Crippen LogP contribution in [0.5, 0.6) is 5.75 Å². The van der Waals surface area contributed by atoms with Gasteiger partial charge >= 0.3 is 6.36 Å². The SMILES string of the molecule is CCCCCCCCC[C@H]1CC[C@H](c2ccc(-c3ccc(OC(F)(F)F)c(F)c3)cc2)CC1. The van der Waals surface area contributed by atoms with E-state index in [9.17, 15) is 17.6 Å². The lowest BCUT2D eigenvalue weighted by atomic mass is 9.77. The molecule has 1 nitrogen and oxygen atoms in total. The van der Waals surface area contributed by atoms with Crippen molar-refractivity contribution in [1.82, 2.24) is 0 Å². The summed E-state index contributed by atoms with van der Waals surface area (Å²) in [6.45, 7) is 2.25. The lowest BCUT2D eigenvalue weighted by molar-refractivity contribution is -0.275. The Labute approximate surface area is 195 Å². The van der Waals surface area contributed by atoms with Gasteiger partial charge in [0.15, 0.2) is 11.6 Å². The third-order valence-electron chi connectivity index (χ3n) is 6.94. The maximum Gasteiger partial charge on any atom is 0.573 e. The van der Waals surface area contributed by atoms with Gasteiger partial charge in [-0.1, -0.05) is 88.6 Å². The number of benzene rings is 2. The van der Waals surface area contributed by atoms with Crippen molar-refractivity contribution >= 4 is 0 Å². The number of alkyl halides is 3. The Morgan fingerprint density at radius 3 is 2.00 bits per heavy atom. The third-order valence-corrected chi connectivity index (χ3v) is 6.94. The number of halogens is 4. The molecular weight excluding hydrogens is 428 g/mol. The van der Waals surface area contributed by atoms with E-state index in [0.29, 0.717) is 11.5 Å². The lowest BCUT2D eigenvalue weighted by Crippen LogP contribution is -2.17. The predicted molar refractivity (Wildman–Crippen MR) is 126 cm³/mol. The molecule has 0 radical (unpaired) electrons. The third kappa shape index (κ3) is 8.35. The number of rotatable bonds is 11. The van der Waals surface area contributed by atoms with Gasteiger partial charge in [-0.15, -0.1) is 13.2 Å². The molecule has 0 N–H and O–H groups in total. The van der Waals surface area contributed by atoms with Gasteiger partial charge in [0.2, 0.25) is 0 Å². The fraction of sp³-hybridized carbons (Fsp3) is 0.571. The maximum atomic E-state index is 14.0. The van der Waals surface area contributed by atoms with Gasteiger partial charge in [0.05, 0.1) is 0 Å². The quantitative estimate of drug-likeness (QED) is 0.237. The average molecular weight is 465 g/mol. The molecule has 0 atom stereocenters. The molecule has 5 heteroatoms. The molecule has 0 unspecified atom stereocenters. The second-order valence-corrected chi connectivity index (χ2v) is 9.44. The van der Waals surface area contributed by atoms with Crippen molar-refractivity contribution in [3.05, 3.63) is 53.8 Å². The fourth-order valence-electron chi connectivity index (χ4n) is 5.01. The van der Waals surface area contributed by atoms with Crippen molar-refractivity contribution in [2.75, 3.05) is 0 Å². The summed E-state index contributed by atoms with van der Waals surface area (Å²) in [6, 6.07) is 11.6. The van der Waals surface area contributed by atoms with Gasteiger partial charge in [-0.3, -0.25) is 0 Å². The molecule has 33 heavy (non-hydrogen) atoms. The summed E-state index contributed by atoms with van der Waals surface area (Å²) in [5.74, 6) is -0.412. The second kappa shape index (κ2) is 12.4. The Hall–Kier alpha value is -2.04. The van der Waals surface area contributed by atoms with E-state index < -0.39 is 17.9 Å². The highest BCUT2D eigenvalue weighted by Gasteiger charge is 2.32. The molecule has 0 amide bonds. The normalized spacial score (nSPS) is 18.9. The molecular formula is C28H36F4O. The van der Waals surface area contributed by atoms with Gasteiger partial charge < -0.3 is 4.74 Å². The summed E-state index contributed by atoms with van der Waals surface area (Å²) in [4.78, 5) is 0. The van der Waals surface area contributed by atoms with Crippen LogP contribution in [0.1, 0.15) is 95.5 Å².